The molecule has 0 radical (unpaired) electrons. The van der Waals surface area contributed by atoms with Crippen molar-refractivity contribution in [3.05, 3.63) is 28.3 Å². The summed E-state index contributed by atoms with van der Waals surface area (Å²) >= 11 is 6.13. The summed E-state index contributed by atoms with van der Waals surface area (Å²) < 4.78 is 5.61. The van der Waals surface area contributed by atoms with Crippen LogP contribution in [0.5, 0.6) is 5.75 Å². The van der Waals surface area contributed by atoms with E-state index < -0.39 is 0 Å². The van der Waals surface area contributed by atoms with E-state index in [1.807, 2.05) is 13.0 Å². The van der Waals surface area contributed by atoms with Crippen LogP contribution in [0.25, 0.3) is 0 Å². The van der Waals surface area contributed by atoms with Crippen molar-refractivity contribution in [2.75, 3.05) is 7.11 Å². The van der Waals surface area contributed by atoms with Gasteiger partial charge in [0.15, 0.2) is 0 Å². The van der Waals surface area contributed by atoms with Gasteiger partial charge in [-0.15, -0.1) is 0 Å². The number of fused-ring (bicyclic) bond motifs is 1. The van der Waals surface area contributed by atoms with Crippen molar-refractivity contribution in [2.24, 2.45) is 0 Å². The Morgan fingerprint density at radius 3 is 3.13 bits per heavy atom. The number of halogens is 1. The SMILES string of the molecule is CONCc1cc(Cl)c2c(c1)CC(C)O2. The van der Waals surface area contributed by atoms with E-state index in [1.54, 1.807) is 7.11 Å². The highest BCUT2D eigenvalue weighted by molar-refractivity contribution is 6.32. The maximum atomic E-state index is 6.13. The van der Waals surface area contributed by atoms with Gasteiger partial charge < -0.3 is 9.57 Å². The monoisotopic (exact) mass is 227 g/mol. The molecule has 1 aromatic rings. The number of rotatable bonds is 3. The molecule has 1 atom stereocenters. The fraction of sp³-hybridized carbons (Fsp3) is 0.455. The molecule has 1 aromatic carbocycles. The van der Waals surface area contributed by atoms with Crippen molar-refractivity contribution in [3.63, 3.8) is 0 Å². The zero-order valence-corrected chi connectivity index (χ0v) is 9.60. The van der Waals surface area contributed by atoms with Crippen LogP contribution in [0.1, 0.15) is 18.1 Å². The molecular weight excluding hydrogens is 214 g/mol. The first-order valence-electron chi connectivity index (χ1n) is 4.94. The van der Waals surface area contributed by atoms with Gasteiger partial charge in [-0.3, -0.25) is 0 Å². The average Bonchev–Trinajstić information content (AvgIpc) is 2.56. The molecule has 15 heavy (non-hydrogen) atoms. The quantitative estimate of drug-likeness (QED) is 0.804. The van der Waals surface area contributed by atoms with Crippen LogP contribution in [0.2, 0.25) is 5.02 Å². The van der Waals surface area contributed by atoms with Gasteiger partial charge in [-0.1, -0.05) is 17.7 Å². The summed E-state index contributed by atoms with van der Waals surface area (Å²) in [6.45, 7) is 2.70. The molecule has 3 nitrogen and oxygen atoms in total. The second kappa shape index (κ2) is 4.39. The largest absolute Gasteiger partial charge is 0.489 e. The van der Waals surface area contributed by atoms with Gasteiger partial charge in [-0.2, -0.15) is 5.48 Å². The van der Waals surface area contributed by atoms with Gasteiger partial charge in [0.05, 0.1) is 12.1 Å². The van der Waals surface area contributed by atoms with Gasteiger partial charge in [0.25, 0.3) is 0 Å². The van der Waals surface area contributed by atoms with Crippen LogP contribution >= 0.6 is 11.6 Å². The van der Waals surface area contributed by atoms with Crippen molar-refractivity contribution in [1.82, 2.24) is 5.48 Å². The molecule has 0 saturated heterocycles. The van der Waals surface area contributed by atoms with E-state index in [0.717, 1.165) is 17.7 Å². The molecule has 82 valence electrons. The van der Waals surface area contributed by atoms with Gasteiger partial charge in [0.2, 0.25) is 0 Å². The van der Waals surface area contributed by atoms with Crippen LogP contribution in [0.15, 0.2) is 12.1 Å². The number of benzene rings is 1. The molecule has 1 unspecified atom stereocenters. The molecular formula is C11H14ClNO2. The molecule has 1 aliphatic rings. The first kappa shape index (κ1) is 10.7. The topological polar surface area (TPSA) is 30.5 Å². The van der Waals surface area contributed by atoms with E-state index in [4.69, 9.17) is 21.2 Å². The summed E-state index contributed by atoms with van der Waals surface area (Å²) in [4.78, 5) is 4.80. The third-order valence-electron chi connectivity index (χ3n) is 2.43. The summed E-state index contributed by atoms with van der Waals surface area (Å²) in [5.41, 5.74) is 5.09. The lowest BCUT2D eigenvalue weighted by molar-refractivity contribution is 0.0867. The van der Waals surface area contributed by atoms with E-state index >= 15 is 0 Å². The Hall–Kier alpha value is -0.770. The van der Waals surface area contributed by atoms with E-state index in [0.29, 0.717) is 11.6 Å². The van der Waals surface area contributed by atoms with E-state index in [2.05, 4.69) is 11.5 Å². The Kier molecular flexibility index (Phi) is 3.14. The van der Waals surface area contributed by atoms with Gasteiger partial charge in [-0.25, -0.2) is 0 Å². The Morgan fingerprint density at radius 1 is 1.60 bits per heavy atom. The zero-order chi connectivity index (χ0) is 10.8. The molecule has 0 fully saturated rings. The highest BCUT2D eigenvalue weighted by atomic mass is 35.5. The maximum Gasteiger partial charge on any atom is 0.141 e. The predicted octanol–water partition coefficient (Wildman–Crippen LogP) is 2.31. The second-order valence-electron chi connectivity index (χ2n) is 3.72. The van der Waals surface area contributed by atoms with E-state index in [-0.39, 0.29) is 6.10 Å². The van der Waals surface area contributed by atoms with Crippen molar-refractivity contribution < 1.29 is 9.57 Å². The minimum absolute atomic E-state index is 0.225. The van der Waals surface area contributed by atoms with Crippen LogP contribution in [-0.2, 0) is 17.8 Å². The smallest absolute Gasteiger partial charge is 0.141 e. The van der Waals surface area contributed by atoms with Crippen LogP contribution in [0, 0.1) is 0 Å². The molecule has 0 aliphatic carbocycles. The Bertz CT molecular complexity index is 368. The van der Waals surface area contributed by atoms with Gasteiger partial charge in [0, 0.05) is 13.0 Å². The van der Waals surface area contributed by atoms with Crippen molar-refractivity contribution >= 4 is 11.6 Å². The summed E-state index contributed by atoms with van der Waals surface area (Å²) in [5, 5.41) is 0.685. The standard InChI is InChI=1S/C11H14ClNO2/c1-7-3-9-4-8(6-13-14-2)5-10(12)11(9)15-7/h4-5,7,13H,3,6H2,1-2H3. The lowest BCUT2D eigenvalue weighted by Gasteiger charge is -2.07. The first-order chi connectivity index (χ1) is 7.20. The molecule has 2 rings (SSSR count). The van der Waals surface area contributed by atoms with Crippen LogP contribution < -0.4 is 10.2 Å². The van der Waals surface area contributed by atoms with Gasteiger partial charge >= 0.3 is 0 Å². The second-order valence-corrected chi connectivity index (χ2v) is 4.13. The first-order valence-corrected chi connectivity index (χ1v) is 5.32. The highest BCUT2D eigenvalue weighted by Crippen LogP contribution is 2.36. The van der Waals surface area contributed by atoms with E-state index in [1.165, 1.54) is 5.56 Å². The third-order valence-corrected chi connectivity index (χ3v) is 2.71. The highest BCUT2D eigenvalue weighted by Gasteiger charge is 2.22. The summed E-state index contributed by atoms with van der Waals surface area (Å²) in [7, 11) is 1.60. The van der Waals surface area contributed by atoms with Crippen LogP contribution in [0.3, 0.4) is 0 Å². The third kappa shape index (κ3) is 2.25. The molecule has 0 aromatic heterocycles. The molecule has 0 bridgehead atoms. The Morgan fingerprint density at radius 2 is 2.40 bits per heavy atom. The van der Waals surface area contributed by atoms with Crippen molar-refractivity contribution in [2.45, 2.75) is 26.0 Å². The summed E-state index contributed by atoms with van der Waals surface area (Å²) in [5.74, 6) is 0.838. The minimum Gasteiger partial charge on any atom is -0.489 e. The van der Waals surface area contributed by atoms with Crippen molar-refractivity contribution in [3.8, 4) is 5.75 Å². The van der Waals surface area contributed by atoms with Gasteiger partial charge in [-0.05, 0) is 24.1 Å². The fourth-order valence-electron chi connectivity index (χ4n) is 1.81. The number of hydrogen-bond acceptors (Lipinski definition) is 3. The molecule has 0 spiro atoms. The normalized spacial score (nSPS) is 18.7. The predicted molar refractivity (Wildman–Crippen MR) is 59.1 cm³/mol. The Labute approximate surface area is 94.3 Å². The zero-order valence-electron chi connectivity index (χ0n) is 8.84. The molecule has 4 heteroatoms. The molecule has 1 heterocycles. The molecule has 0 amide bonds. The number of hydrogen-bond donors (Lipinski definition) is 1. The fourth-order valence-corrected chi connectivity index (χ4v) is 2.11. The summed E-state index contributed by atoms with van der Waals surface area (Å²) in [6, 6.07) is 4.02. The van der Waals surface area contributed by atoms with E-state index in [9.17, 15) is 0 Å². The van der Waals surface area contributed by atoms with Gasteiger partial charge in [0.1, 0.15) is 11.9 Å². The van der Waals surface area contributed by atoms with Crippen molar-refractivity contribution in [1.29, 1.82) is 0 Å². The molecule has 1 N–H and O–H groups in total. The minimum atomic E-state index is 0.225. The average molecular weight is 228 g/mol. The number of nitrogens with one attached hydrogen (secondary N) is 1. The lowest BCUT2D eigenvalue weighted by atomic mass is 10.1. The number of ether oxygens (including phenoxy) is 1. The van der Waals surface area contributed by atoms with Crippen LogP contribution in [-0.4, -0.2) is 13.2 Å². The molecule has 0 saturated carbocycles. The summed E-state index contributed by atoms with van der Waals surface area (Å²) in [6.07, 6.45) is 1.15. The lowest BCUT2D eigenvalue weighted by Crippen LogP contribution is -2.10. The maximum absolute atomic E-state index is 6.13. The van der Waals surface area contributed by atoms with Crippen LogP contribution in [0.4, 0.5) is 0 Å². The molecule has 1 aliphatic heterocycles. The number of hydroxylamine groups is 1. The Balaban J connectivity index is 2.23.